The number of urea groups is 1. The van der Waals surface area contributed by atoms with Crippen molar-refractivity contribution >= 4 is 39.0 Å². The molecule has 1 aliphatic carbocycles. The predicted molar refractivity (Wildman–Crippen MR) is 127 cm³/mol. The fraction of sp³-hybridized carbons (Fsp3) is 0.182. The zero-order valence-electron chi connectivity index (χ0n) is 17.4. The average molecular weight is 474 g/mol. The Bertz CT molecular complexity index is 1200. The maximum Gasteiger partial charge on any atom is 0.318 e. The number of anilines is 1. The van der Waals surface area contributed by atoms with Gasteiger partial charge in [-0.1, -0.05) is 18.2 Å². The van der Waals surface area contributed by atoms with Crippen LogP contribution in [0.3, 0.4) is 0 Å². The Morgan fingerprint density at radius 3 is 2.22 bits per heavy atom. The van der Waals surface area contributed by atoms with Gasteiger partial charge in [-0.2, -0.15) is 0 Å². The molecular weight excluding hydrogens is 450 g/mol. The minimum Gasteiger partial charge on any atom is -0.399 e. The zero-order chi connectivity index (χ0) is 23.5. The number of nitrogens with two attached hydrogens (primary N) is 2. The van der Waals surface area contributed by atoms with E-state index in [1.54, 1.807) is 24.3 Å². The van der Waals surface area contributed by atoms with Crippen molar-refractivity contribution in [2.24, 2.45) is 16.5 Å². The van der Waals surface area contributed by atoms with Gasteiger partial charge in [-0.15, -0.1) is 0 Å². The van der Waals surface area contributed by atoms with Crippen LogP contribution in [0.2, 0.25) is 5.02 Å². The molecule has 1 aliphatic rings. The summed E-state index contributed by atoms with van der Waals surface area (Å²) in [5.74, 6) is 0.113. The van der Waals surface area contributed by atoms with Gasteiger partial charge in [0.25, 0.3) is 0 Å². The number of benzene rings is 2. The van der Waals surface area contributed by atoms with E-state index in [-0.39, 0.29) is 28.2 Å². The first-order valence-electron chi connectivity index (χ1n) is 9.69. The lowest BCUT2D eigenvalue weighted by Crippen LogP contribution is -2.27. The van der Waals surface area contributed by atoms with Crippen LogP contribution >= 0.6 is 11.6 Å². The van der Waals surface area contributed by atoms with Gasteiger partial charge in [0.2, 0.25) is 0 Å². The largest absolute Gasteiger partial charge is 0.399 e. The summed E-state index contributed by atoms with van der Waals surface area (Å²) in [6.45, 7) is 3.66. The Balaban J connectivity index is 1.97. The van der Waals surface area contributed by atoms with Crippen molar-refractivity contribution in [3.05, 3.63) is 83.2 Å². The van der Waals surface area contributed by atoms with Crippen molar-refractivity contribution in [3.8, 4) is 0 Å². The van der Waals surface area contributed by atoms with Crippen LogP contribution in [0, 0.1) is 0 Å². The molecule has 0 unspecified atom stereocenters. The van der Waals surface area contributed by atoms with Gasteiger partial charge in [0.15, 0.2) is 9.84 Å². The van der Waals surface area contributed by atoms with Gasteiger partial charge in [0.05, 0.1) is 10.6 Å². The monoisotopic (exact) mass is 473 g/mol. The standard InChI is InChI=1S/C22H24ClN5O3S/c1-14(24)13-19(22(11-12-22)32(30,31)18-9-5-16(23)6-10-18)28-20(25)15-3-7-17(8-4-15)27-21(29)26-2/h3-10,13H,1,11-12,24H2,2H3,(H2,25,28)(H2,26,27,29)/b19-13-. The first-order chi connectivity index (χ1) is 15.1. The van der Waals surface area contributed by atoms with Crippen molar-refractivity contribution in [2.75, 3.05) is 12.4 Å². The highest BCUT2D eigenvalue weighted by molar-refractivity contribution is 7.93. The van der Waals surface area contributed by atoms with Gasteiger partial charge in [0.1, 0.15) is 10.6 Å². The molecule has 32 heavy (non-hydrogen) atoms. The highest BCUT2D eigenvalue weighted by Crippen LogP contribution is 2.52. The van der Waals surface area contributed by atoms with Crippen LogP contribution < -0.4 is 22.1 Å². The molecule has 0 heterocycles. The highest BCUT2D eigenvalue weighted by atomic mass is 35.5. The van der Waals surface area contributed by atoms with Crippen LogP contribution in [-0.2, 0) is 9.84 Å². The first-order valence-corrected chi connectivity index (χ1v) is 11.6. The third kappa shape index (κ3) is 4.79. The van der Waals surface area contributed by atoms with Gasteiger partial charge >= 0.3 is 6.03 Å². The number of halogens is 1. The average Bonchev–Trinajstić information content (AvgIpc) is 3.56. The SMILES string of the molecule is C=C(N)/C=C(\N=C(N)c1ccc(NC(=O)NC)cc1)C1(S(=O)(=O)c2ccc(Cl)cc2)CC1. The van der Waals surface area contributed by atoms with Gasteiger partial charge < -0.3 is 22.1 Å². The van der Waals surface area contributed by atoms with Gasteiger partial charge in [-0.3, -0.25) is 0 Å². The molecule has 0 spiro atoms. The van der Waals surface area contributed by atoms with Crippen LogP contribution in [0.5, 0.6) is 0 Å². The minimum atomic E-state index is -3.78. The summed E-state index contributed by atoms with van der Waals surface area (Å²) in [5.41, 5.74) is 13.5. The maximum absolute atomic E-state index is 13.4. The van der Waals surface area contributed by atoms with E-state index in [0.29, 0.717) is 29.1 Å². The van der Waals surface area contributed by atoms with E-state index >= 15 is 0 Å². The second-order valence-electron chi connectivity index (χ2n) is 7.33. The van der Waals surface area contributed by atoms with Crippen molar-refractivity contribution in [3.63, 3.8) is 0 Å². The Kier molecular flexibility index (Phi) is 6.61. The molecule has 168 valence electrons. The number of amides is 2. The number of aliphatic imine (C=N–C) groups is 1. The summed E-state index contributed by atoms with van der Waals surface area (Å²) in [6, 6.07) is 12.3. The number of rotatable bonds is 7. The number of allylic oxidation sites excluding steroid dienone is 1. The number of sulfone groups is 1. The number of hydrogen-bond donors (Lipinski definition) is 4. The van der Waals surface area contributed by atoms with E-state index < -0.39 is 14.6 Å². The molecule has 0 aliphatic heterocycles. The molecule has 8 nitrogen and oxygen atoms in total. The topological polar surface area (TPSA) is 140 Å². The molecule has 2 amide bonds. The molecular formula is C22H24ClN5O3S. The van der Waals surface area contributed by atoms with Crippen molar-refractivity contribution in [2.45, 2.75) is 22.5 Å². The van der Waals surface area contributed by atoms with Gasteiger partial charge in [-0.25, -0.2) is 18.2 Å². The van der Waals surface area contributed by atoms with E-state index in [2.05, 4.69) is 22.2 Å². The Labute approximate surface area is 192 Å². The Hall–Kier alpha value is -3.30. The molecule has 0 saturated heterocycles. The number of nitrogens with zero attached hydrogens (tertiary/aromatic N) is 1. The number of amidine groups is 1. The fourth-order valence-corrected chi connectivity index (χ4v) is 5.26. The normalized spacial score (nSPS) is 15.7. The molecule has 0 aromatic heterocycles. The second kappa shape index (κ2) is 9.05. The van der Waals surface area contributed by atoms with E-state index in [0.717, 1.165) is 0 Å². The third-order valence-electron chi connectivity index (χ3n) is 5.04. The molecule has 6 N–H and O–H groups in total. The maximum atomic E-state index is 13.4. The number of carbonyl (C=O) groups excluding carboxylic acids is 1. The van der Waals surface area contributed by atoms with Crippen LogP contribution in [0.1, 0.15) is 18.4 Å². The summed E-state index contributed by atoms with van der Waals surface area (Å²) >= 11 is 5.91. The molecule has 1 saturated carbocycles. The molecule has 1 fully saturated rings. The van der Waals surface area contributed by atoms with Crippen LogP contribution in [0.25, 0.3) is 0 Å². The zero-order valence-corrected chi connectivity index (χ0v) is 19.0. The Morgan fingerprint density at radius 2 is 1.72 bits per heavy atom. The van der Waals surface area contributed by atoms with Crippen LogP contribution in [-0.4, -0.2) is 32.1 Å². The lowest BCUT2D eigenvalue weighted by Gasteiger charge is -2.18. The van der Waals surface area contributed by atoms with Crippen LogP contribution in [0.15, 0.2) is 82.5 Å². The molecule has 2 aromatic rings. The van der Waals surface area contributed by atoms with Crippen molar-refractivity contribution in [1.29, 1.82) is 0 Å². The number of hydrogen-bond acceptors (Lipinski definition) is 5. The minimum absolute atomic E-state index is 0.113. The fourth-order valence-electron chi connectivity index (χ4n) is 3.17. The number of nitrogens with one attached hydrogen (secondary N) is 2. The molecule has 10 heteroatoms. The smallest absolute Gasteiger partial charge is 0.318 e. The summed E-state index contributed by atoms with van der Waals surface area (Å²) < 4.78 is 25.6. The lowest BCUT2D eigenvalue weighted by molar-refractivity contribution is 0.254. The van der Waals surface area contributed by atoms with Crippen molar-refractivity contribution in [1.82, 2.24) is 5.32 Å². The molecule has 3 rings (SSSR count). The molecule has 0 radical (unpaired) electrons. The van der Waals surface area contributed by atoms with E-state index in [1.165, 1.54) is 37.4 Å². The number of carbonyl (C=O) groups is 1. The highest BCUT2D eigenvalue weighted by Gasteiger charge is 2.58. The summed E-state index contributed by atoms with van der Waals surface area (Å²) in [7, 11) is -2.27. The second-order valence-corrected chi connectivity index (χ2v) is 10.0. The van der Waals surface area contributed by atoms with E-state index in [1.807, 2.05) is 0 Å². The van der Waals surface area contributed by atoms with E-state index in [4.69, 9.17) is 23.1 Å². The predicted octanol–water partition coefficient (Wildman–Crippen LogP) is 3.16. The first kappa shape index (κ1) is 23.4. The summed E-state index contributed by atoms with van der Waals surface area (Å²) in [5, 5.41) is 5.54. The molecule has 0 atom stereocenters. The van der Waals surface area contributed by atoms with Gasteiger partial charge in [0, 0.05) is 29.0 Å². The Morgan fingerprint density at radius 1 is 1.12 bits per heavy atom. The lowest BCUT2D eigenvalue weighted by atomic mass is 10.2. The summed E-state index contributed by atoms with van der Waals surface area (Å²) in [4.78, 5) is 16.0. The van der Waals surface area contributed by atoms with Crippen LogP contribution in [0.4, 0.5) is 10.5 Å². The quantitative estimate of drug-likeness (QED) is 0.278. The molecule has 2 aromatic carbocycles. The summed E-state index contributed by atoms with van der Waals surface area (Å²) in [6.07, 6.45) is 2.19. The molecule has 0 bridgehead atoms. The van der Waals surface area contributed by atoms with Gasteiger partial charge in [-0.05, 0) is 67.4 Å². The third-order valence-corrected chi connectivity index (χ3v) is 7.83. The van der Waals surface area contributed by atoms with E-state index in [9.17, 15) is 13.2 Å². The van der Waals surface area contributed by atoms with Crippen molar-refractivity contribution < 1.29 is 13.2 Å².